The van der Waals surface area contributed by atoms with Crippen LogP contribution in [-0.4, -0.2) is 36.2 Å². The number of benzene rings is 1. The predicted octanol–water partition coefficient (Wildman–Crippen LogP) is 0.488. The molecule has 0 saturated carbocycles. The third-order valence-corrected chi connectivity index (χ3v) is 2.70. The molecule has 0 spiro atoms. The van der Waals surface area contributed by atoms with E-state index in [2.05, 4.69) is 0 Å². The Labute approximate surface area is 88.7 Å². The molecule has 0 bridgehead atoms. The molecule has 1 fully saturated rings. The number of hydrogen-bond donors (Lipinski definition) is 1. The molecule has 0 aromatic heterocycles. The first kappa shape index (κ1) is 9.98. The highest BCUT2D eigenvalue weighted by Gasteiger charge is 2.35. The number of para-hydroxylation sites is 1. The van der Waals surface area contributed by atoms with Crippen molar-refractivity contribution in [2.24, 2.45) is 5.92 Å². The largest absolute Gasteiger partial charge is 0.395 e. The lowest BCUT2D eigenvalue weighted by atomic mass is 10.1. The van der Waals surface area contributed by atoms with Gasteiger partial charge in [0.1, 0.15) is 0 Å². The van der Waals surface area contributed by atoms with Gasteiger partial charge in [-0.05, 0) is 12.1 Å². The van der Waals surface area contributed by atoms with Crippen molar-refractivity contribution >= 4 is 11.6 Å². The van der Waals surface area contributed by atoms with Crippen LogP contribution in [0.4, 0.5) is 5.69 Å². The van der Waals surface area contributed by atoms with E-state index in [0.29, 0.717) is 6.54 Å². The number of anilines is 1. The van der Waals surface area contributed by atoms with E-state index in [1.165, 1.54) is 0 Å². The van der Waals surface area contributed by atoms with Crippen LogP contribution in [0.3, 0.4) is 0 Å². The second kappa shape index (κ2) is 3.90. The Morgan fingerprint density at radius 2 is 2.07 bits per heavy atom. The fourth-order valence-corrected chi connectivity index (χ4v) is 1.81. The fraction of sp³-hybridized carbons (Fsp3) is 0.364. The Hall–Kier alpha value is -1.55. The maximum atomic E-state index is 11.6. The summed E-state index contributed by atoms with van der Waals surface area (Å²) in [7, 11) is 1.73. The highest BCUT2D eigenvalue weighted by molar-refractivity contribution is 5.84. The zero-order chi connectivity index (χ0) is 10.8. The first-order chi connectivity index (χ1) is 7.24. The van der Waals surface area contributed by atoms with Gasteiger partial charge in [0.2, 0.25) is 5.91 Å². The van der Waals surface area contributed by atoms with Crippen LogP contribution in [-0.2, 0) is 4.79 Å². The molecule has 4 nitrogen and oxygen atoms in total. The molecule has 0 aliphatic carbocycles. The number of rotatable bonds is 2. The van der Waals surface area contributed by atoms with Crippen molar-refractivity contribution in [1.82, 2.24) is 5.01 Å². The smallest absolute Gasteiger partial charge is 0.248 e. The quantitative estimate of drug-likeness (QED) is 0.765. The van der Waals surface area contributed by atoms with Gasteiger partial charge in [-0.15, -0.1) is 0 Å². The summed E-state index contributed by atoms with van der Waals surface area (Å²) in [6.45, 7) is 0.461. The van der Waals surface area contributed by atoms with Gasteiger partial charge in [-0.2, -0.15) is 0 Å². The lowest BCUT2D eigenvalue weighted by molar-refractivity contribution is -0.130. The summed E-state index contributed by atoms with van der Waals surface area (Å²) in [5, 5.41) is 12.5. The zero-order valence-electron chi connectivity index (χ0n) is 8.63. The van der Waals surface area contributed by atoms with E-state index >= 15 is 0 Å². The topological polar surface area (TPSA) is 43.8 Å². The van der Waals surface area contributed by atoms with Gasteiger partial charge in [-0.25, -0.2) is 0 Å². The van der Waals surface area contributed by atoms with E-state index in [-0.39, 0.29) is 18.4 Å². The second-order valence-corrected chi connectivity index (χ2v) is 3.66. The Balaban J connectivity index is 2.22. The first-order valence-electron chi connectivity index (χ1n) is 4.95. The van der Waals surface area contributed by atoms with Gasteiger partial charge >= 0.3 is 0 Å². The van der Waals surface area contributed by atoms with Gasteiger partial charge in [-0.1, -0.05) is 18.2 Å². The summed E-state index contributed by atoms with van der Waals surface area (Å²) in [5.41, 5.74) is 0.976. The van der Waals surface area contributed by atoms with E-state index < -0.39 is 0 Å². The number of aliphatic hydroxyl groups excluding tert-OH is 1. The number of carbonyl (C=O) groups is 1. The molecule has 1 unspecified atom stereocenters. The Morgan fingerprint density at radius 1 is 1.40 bits per heavy atom. The lowest BCUT2D eigenvalue weighted by Crippen LogP contribution is -2.35. The van der Waals surface area contributed by atoms with E-state index in [4.69, 9.17) is 5.11 Å². The predicted molar refractivity (Wildman–Crippen MR) is 57.1 cm³/mol. The van der Waals surface area contributed by atoms with Gasteiger partial charge < -0.3 is 5.11 Å². The minimum absolute atomic E-state index is 0.0265. The number of carbonyl (C=O) groups excluding carboxylic acids is 1. The van der Waals surface area contributed by atoms with Crippen molar-refractivity contribution in [3.63, 3.8) is 0 Å². The molecule has 4 heteroatoms. The van der Waals surface area contributed by atoms with Crippen LogP contribution in [0.25, 0.3) is 0 Å². The third kappa shape index (κ3) is 1.68. The van der Waals surface area contributed by atoms with Crippen molar-refractivity contribution in [3.05, 3.63) is 30.3 Å². The maximum absolute atomic E-state index is 11.6. The minimum atomic E-state index is -0.296. The fourth-order valence-electron chi connectivity index (χ4n) is 1.81. The summed E-state index contributed by atoms with van der Waals surface area (Å²) < 4.78 is 0. The van der Waals surface area contributed by atoms with Crippen LogP contribution in [0.5, 0.6) is 0 Å². The number of hydrazine groups is 1. The molecule has 1 aliphatic heterocycles. The highest BCUT2D eigenvalue weighted by Crippen LogP contribution is 2.23. The molecule has 15 heavy (non-hydrogen) atoms. The summed E-state index contributed by atoms with van der Waals surface area (Å²) >= 11 is 0. The average Bonchev–Trinajstić information content (AvgIpc) is 2.57. The second-order valence-electron chi connectivity index (χ2n) is 3.66. The average molecular weight is 206 g/mol. The van der Waals surface area contributed by atoms with Crippen LogP contribution < -0.4 is 5.01 Å². The number of nitrogens with zero attached hydrogens (tertiary/aromatic N) is 2. The molecular formula is C11H14N2O2. The van der Waals surface area contributed by atoms with Crippen molar-refractivity contribution in [1.29, 1.82) is 0 Å². The lowest BCUT2D eigenvalue weighted by Gasteiger charge is -2.25. The molecule has 1 N–H and O–H groups in total. The molecule has 1 saturated heterocycles. The van der Waals surface area contributed by atoms with Gasteiger partial charge in [0.05, 0.1) is 24.8 Å². The molecule has 1 aliphatic rings. The van der Waals surface area contributed by atoms with Gasteiger partial charge in [-0.3, -0.25) is 14.8 Å². The third-order valence-electron chi connectivity index (χ3n) is 2.70. The van der Waals surface area contributed by atoms with E-state index in [9.17, 15) is 4.79 Å². The van der Waals surface area contributed by atoms with Crippen molar-refractivity contribution < 1.29 is 9.90 Å². The monoisotopic (exact) mass is 206 g/mol. The molecule has 80 valence electrons. The summed E-state index contributed by atoms with van der Waals surface area (Å²) in [6.07, 6.45) is 0. The van der Waals surface area contributed by atoms with Crippen molar-refractivity contribution in [2.45, 2.75) is 0 Å². The zero-order valence-corrected chi connectivity index (χ0v) is 8.63. The SMILES string of the molecule is CN1C(=O)C(CO)CN1c1ccccc1. The van der Waals surface area contributed by atoms with Gasteiger partial charge in [0, 0.05) is 7.05 Å². The minimum Gasteiger partial charge on any atom is -0.395 e. The maximum Gasteiger partial charge on any atom is 0.248 e. The molecule has 1 atom stereocenters. The normalized spacial score (nSPS) is 21.2. The molecule has 1 aromatic rings. The molecule has 1 amide bonds. The Kier molecular flexibility index (Phi) is 2.60. The van der Waals surface area contributed by atoms with Crippen LogP contribution >= 0.6 is 0 Å². The Morgan fingerprint density at radius 3 is 2.60 bits per heavy atom. The number of hydrogen-bond acceptors (Lipinski definition) is 3. The first-order valence-corrected chi connectivity index (χ1v) is 4.95. The van der Waals surface area contributed by atoms with Crippen molar-refractivity contribution in [3.8, 4) is 0 Å². The van der Waals surface area contributed by atoms with E-state index in [1.54, 1.807) is 12.1 Å². The molecule has 0 radical (unpaired) electrons. The molecule has 1 heterocycles. The summed E-state index contributed by atoms with van der Waals surface area (Å²) in [6, 6.07) is 9.69. The van der Waals surface area contributed by atoms with Crippen molar-refractivity contribution in [2.75, 3.05) is 25.2 Å². The van der Waals surface area contributed by atoms with Gasteiger partial charge in [0.25, 0.3) is 0 Å². The van der Waals surface area contributed by atoms with Crippen LogP contribution in [0.2, 0.25) is 0 Å². The molecule has 2 rings (SSSR count). The number of aliphatic hydroxyl groups is 1. The number of amides is 1. The van der Waals surface area contributed by atoms with Crippen LogP contribution in [0, 0.1) is 5.92 Å². The highest BCUT2D eigenvalue weighted by atomic mass is 16.3. The molecule has 1 aromatic carbocycles. The van der Waals surface area contributed by atoms with Crippen LogP contribution in [0.15, 0.2) is 30.3 Å². The van der Waals surface area contributed by atoms with E-state index in [1.807, 2.05) is 35.3 Å². The summed E-state index contributed by atoms with van der Waals surface area (Å²) in [4.78, 5) is 11.6. The van der Waals surface area contributed by atoms with E-state index in [0.717, 1.165) is 5.69 Å². The van der Waals surface area contributed by atoms with Crippen LogP contribution in [0.1, 0.15) is 0 Å². The standard InChI is InChI=1S/C11H14N2O2/c1-12-11(15)9(8-14)7-13(12)10-5-3-2-4-6-10/h2-6,9,14H,7-8H2,1H3. The molecular weight excluding hydrogens is 192 g/mol. The van der Waals surface area contributed by atoms with Gasteiger partial charge in [0.15, 0.2) is 0 Å². The summed E-state index contributed by atoms with van der Waals surface area (Å²) in [5.74, 6) is -0.323. The Bertz CT molecular complexity index is 353.